The summed E-state index contributed by atoms with van der Waals surface area (Å²) < 4.78 is 72.4. The number of nitrogens with one attached hydrogen (secondary N) is 2. The summed E-state index contributed by atoms with van der Waals surface area (Å²) in [6, 6.07) is 21.2. The number of carbonyl (C=O) groups is 6. The Bertz CT molecular complexity index is 3700. The molecule has 0 bridgehead atoms. The number of aromatic nitrogens is 2. The number of carbonyl (C=O) groups excluding carboxylic acids is 4. The lowest BCUT2D eigenvalue weighted by molar-refractivity contribution is -0.156. The number of anilines is 2. The number of nitrogens with zero attached hydrogens (tertiary/aromatic N) is 2. The first-order valence-corrected chi connectivity index (χ1v) is 34.9. The monoisotopic (exact) mass is 1390 g/mol. The van der Waals surface area contributed by atoms with Gasteiger partial charge in [0.1, 0.15) is 11.6 Å². The smallest absolute Gasteiger partial charge is 0.332 e. The number of hydrogen-bond acceptors (Lipinski definition) is 12. The summed E-state index contributed by atoms with van der Waals surface area (Å²) in [7, 11) is -4.00. The minimum absolute atomic E-state index is 0.0639. The number of carboxylic acid groups (broad SMARTS) is 2. The summed E-state index contributed by atoms with van der Waals surface area (Å²) in [5, 5.41) is 25.1. The van der Waals surface area contributed by atoms with E-state index in [0.717, 1.165) is 36.8 Å². The van der Waals surface area contributed by atoms with Crippen LogP contribution in [0.3, 0.4) is 0 Å². The van der Waals surface area contributed by atoms with Crippen molar-refractivity contribution in [3.05, 3.63) is 145 Å². The largest absolute Gasteiger partial charge is 0.479 e. The Kier molecular flexibility index (Phi) is 19.5. The lowest BCUT2D eigenvalue weighted by Crippen LogP contribution is -2.52. The lowest BCUT2D eigenvalue weighted by Gasteiger charge is -2.51. The Morgan fingerprint density at radius 2 is 0.957 bits per heavy atom. The molecule has 502 valence electrons. The number of ketones is 2. The Hall–Kier alpha value is -5.97. The molecule has 0 unspecified atom stereocenters. The van der Waals surface area contributed by atoms with Crippen LogP contribution in [0.25, 0.3) is 0 Å². The lowest BCUT2D eigenvalue weighted by atomic mass is 9.51. The van der Waals surface area contributed by atoms with Gasteiger partial charge in [-0.3, -0.25) is 23.7 Å². The first kappa shape index (κ1) is 69.4. The van der Waals surface area contributed by atoms with Crippen molar-refractivity contribution in [2.75, 3.05) is 23.8 Å². The number of carboxylic acids is 2. The molecule has 0 radical (unpaired) electrons. The van der Waals surface area contributed by atoms with E-state index in [1.165, 1.54) is 24.5 Å². The highest BCUT2D eigenvalue weighted by molar-refractivity contribution is 7.85. The second-order valence-corrected chi connectivity index (χ2v) is 31.7. The maximum absolute atomic E-state index is 16.0. The average Bonchev–Trinajstić information content (AvgIpc) is 1.51. The number of ether oxygens (including phenoxy) is 2. The fraction of sp³-hybridized carbons (Fsp3) is 0.514. The SMILES string of the molecule is CC1(C)CCC2(CC1)C[C@@H](C(=O)C[C@@H]1CC[C@@H](C(=O)O)OC1)[C@H](c1ccnc(Cl)c1F)[C@]21C(=O)Nc2cc(Cl)ccc21.CC1(C)CCC2(CC1)C[C@@H](C(=O)C[C@@H]1CC[C@@H](C(=O)O)OC1)[C@H](c1ccnc(Cl)c1F)[C@]21C(=O)Nc2cc(Cl)ccc21.O=S(=O)(O)c1ccccc1. The van der Waals surface area contributed by atoms with E-state index in [0.29, 0.717) is 85.6 Å². The van der Waals surface area contributed by atoms with Crippen LogP contribution in [-0.2, 0) is 59.2 Å². The predicted molar refractivity (Wildman–Crippen MR) is 349 cm³/mol. The van der Waals surface area contributed by atoms with E-state index in [1.54, 1.807) is 54.6 Å². The Balaban J connectivity index is 0.000000167. The minimum Gasteiger partial charge on any atom is -0.479 e. The van der Waals surface area contributed by atoms with Crippen LogP contribution in [0, 0.1) is 57.0 Å². The average molecular weight is 1390 g/mol. The molecule has 13 rings (SSSR count). The summed E-state index contributed by atoms with van der Waals surface area (Å²) >= 11 is 25.2. The van der Waals surface area contributed by atoms with Crippen LogP contribution in [0.2, 0.25) is 20.4 Å². The number of halogens is 6. The Labute approximate surface area is 564 Å². The summed E-state index contributed by atoms with van der Waals surface area (Å²) in [5.41, 5.74) is -0.361. The molecule has 94 heavy (non-hydrogen) atoms. The van der Waals surface area contributed by atoms with Gasteiger partial charge in [-0.1, -0.05) is 104 Å². The second-order valence-electron chi connectivity index (χ2n) is 28.7. The standard InChI is InChI=1S/2C32H35Cl2FN2O5.C6H6O3S/c2*1-30(2)8-10-31(11-9-30)15-20(23(38)13-17-3-6-24(28(39)40)42-16-17)25(19-7-12-36-27(34)26(19)35)32(31)21-5-4-18(33)14-22(21)37-29(32)41;7-10(8,9)6-4-2-1-3-5-6/h2*4-5,7,12,14,17,20,24-25H,3,6,8-11,13,15-16H2,1-2H3,(H,37,41)(H,39,40);1-5H,(H,7,8,9)/t2*17-,20-,24-,25-,32+;/m00./s1. The van der Waals surface area contributed by atoms with Gasteiger partial charge in [0.2, 0.25) is 11.8 Å². The highest BCUT2D eigenvalue weighted by Crippen LogP contribution is 2.74. The third-order valence-corrected chi connectivity index (χ3v) is 24.2. The summed E-state index contributed by atoms with van der Waals surface area (Å²) in [5.74, 6) is -7.30. The molecule has 6 heterocycles. The molecule has 4 spiro atoms. The van der Waals surface area contributed by atoms with Crippen LogP contribution in [0.1, 0.15) is 165 Å². The third-order valence-electron chi connectivity index (χ3n) is 22.3. The van der Waals surface area contributed by atoms with Crippen molar-refractivity contribution in [3.63, 3.8) is 0 Å². The van der Waals surface area contributed by atoms with E-state index in [1.807, 2.05) is 12.1 Å². The number of rotatable bonds is 11. The van der Waals surface area contributed by atoms with Gasteiger partial charge in [-0.2, -0.15) is 8.42 Å². The number of benzene rings is 3. The molecule has 2 amide bonds. The zero-order valence-corrected chi connectivity index (χ0v) is 56.3. The van der Waals surface area contributed by atoms with E-state index in [9.17, 15) is 47.4 Å². The fourth-order valence-corrected chi connectivity index (χ4v) is 18.8. The van der Waals surface area contributed by atoms with Crippen LogP contribution in [0.15, 0.2) is 96.2 Å². The maximum atomic E-state index is 16.0. The molecule has 5 N–H and O–H groups in total. The van der Waals surface area contributed by atoms with E-state index in [-0.39, 0.29) is 98.4 Å². The van der Waals surface area contributed by atoms with Crippen molar-refractivity contribution in [1.82, 2.24) is 9.97 Å². The molecule has 17 nitrogen and oxygen atoms in total. The van der Waals surface area contributed by atoms with Gasteiger partial charge in [-0.05, 0) is 194 Å². The van der Waals surface area contributed by atoms with E-state index < -0.39 is 91.2 Å². The van der Waals surface area contributed by atoms with Gasteiger partial charge >= 0.3 is 11.9 Å². The number of aliphatic carboxylic acids is 2. The Morgan fingerprint density at radius 3 is 1.29 bits per heavy atom. The molecule has 4 aliphatic heterocycles. The molecule has 8 aliphatic rings. The molecule has 2 aromatic heterocycles. The summed E-state index contributed by atoms with van der Waals surface area (Å²) in [6.45, 7) is 9.23. The van der Waals surface area contributed by atoms with E-state index >= 15 is 8.78 Å². The molecule has 4 saturated carbocycles. The van der Waals surface area contributed by atoms with Crippen LogP contribution in [0.5, 0.6) is 0 Å². The second kappa shape index (κ2) is 26.5. The zero-order valence-electron chi connectivity index (χ0n) is 52.5. The Morgan fingerprint density at radius 1 is 0.574 bits per heavy atom. The van der Waals surface area contributed by atoms with Gasteiger partial charge in [0.15, 0.2) is 34.1 Å². The van der Waals surface area contributed by atoms with Gasteiger partial charge in [-0.15, -0.1) is 0 Å². The molecular formula is C70H76Cl4F2N4O13S. The summed E-state index contributed by atoms with van der Waals surface area (Å²) in [6.07, 6.45) is 10.4. The third kappa shape index (κ3) is 12.6. The van der Waals surface area contributed by atoms with Crippen molar-refractivity contribution in [1.29, 1.82) is 0 Å². The van der Waals surface area contributed by atoms with Gasteiger partial charge in [0.05, 0.1) is 28.9 Å². The molecule has 3 aromatic carbocycles. The van der Waals surface area contributed by atoms with Gasteiger partial charge < -0.3 is 30.3 Å². The highest BCUT2D eigenvalue weighted by atomic mass is 35.5. The predicted octanol–water partition coefficient (Wildman–Crippen LogP) is 14.8. The molecule has 6 fully saturated rings. The van der Waals surface area contributed by atoms with Crippen molar-refractivity contribution < 1.29 is 70.2 Å². The molecule has 10 atom stereocenters. The molecule has 5 aromatic rings. The fourth-order valence-electron chi connectivity index (χ4n) is 17.6. The normalized spacial score (nSPS) is 29.1. The van der Waals surface area contributed by atoms with Gasteiger partial charge in [-0.25, -0.2) is 28.3 Å². The number of pyridine rings is 2. The van der Waals surface area contributed by atoms with Crippen LogP contribution < -0.4 is 10.6 Å². The first-order chi connectivity index (χ1) is 44.4. The van der Waals surface area contributed by atoms with Crippen molar-refractivity contribution in [3.8, 4) is 0 Å². The molecule has 4 aliphatic carbocycles. The molecular weight excluding hydrogens is 1320 g/mol. The van der Waals surface area contributed by atoms with Crippen molar-refractivity contribution >= 4 is 103 Å². The molecule has 24 heteroatoms. The van der Waals surface area contributed by atoms with Crippen LogP contribution in [-0.4, -0.2) is 93.9 Å². The minimum atomic E-state index is -4.00. The number of fused-ring (bicyclic) bond motifs is 6. The number of hydrogen-bond donors (Lipinski definition) is 5. The van der Waals surface area contributed by atoms with Crippen molar-refractivity contribution in [2.45, 2.75) is 170 Å². The zero-order chi connectivity index (χ0) is 67.7. The number of Topliss-reactive ketones (excluding diaryl/α,β-unsaturated/α-hetero) is 2. The van der Waals surface area contributed by atoms with Gasteiger partial charge in [0, 0.05) is 70.3 Å². The number of amides is 2. The first-order valence-electron chi connectivity index (χ1n) is 32.0. The molecule has 2 saturated heterocycles. The quantitative estimate of drug-likeness (QED) is 0.0608. The van der Waals surface area contributed by atoms with Crippen LogP contribution >= 0.6 is 46.4 Å². The summed E-state index contributed by atoms with van der Waals surface area (Å²) in [4.78, 5) is 88.4. The van der Waals surface area contributed by atoms with Crippen molar-refractivity contribution in [2.24, 2.45) is 45.3 Å². The van der Waals surface area contributed by atoms with E-state index in [4.69, 9.17) is 60.4 Å². The topological polar surface area (TPSA) is 266 Å². The van der Waals surface area contributed by atoms with Crippen LogP contribution in [0.4, 0.5) is 20.2 Å². The van der Waals surface area contributed by atoms with E-state index in [2.05, 4.69) is 48.3 Å². The highest BCUT2D eigenvalue weighted by Gasteiger charge is 2.74. The van der Waals surface area contributed by atoms with Gasteiger partial charge in [0.25, 0.3) is 10.1 Å². The maximum Gasteiger partial charge on any atom is 0.332 e.